The molecule has 0 saturated carbocycles. The number of nitriles is 1. The average molecular weight is 248 g/mol. The molecule has 0 radical (unpaired) electrons. The Morgan fingerprint density at radius 1 is 1.44 bits per heavy atom. The molecule has 0 aromatic heterocycles. The Morgan fingerprint density at radius 2 is 2.06 bits per heavy atom. The number of benzene rings is 1. The van der Waals surface area contributed by atoms with Crippen LogP contribution in [0.3, 0.4) is 0 Å². The lowest BCUT2D eigenvalue weighted by Gasteiger charge is -2.17. The van der Waals surface area contributed by atoms with Crippen molar-refractivity contribution >= 4 is 5.91 Å². The third kappa shape index (κ3) is 4.07. The first kappa shape index (κ1) is 14.0. The van der Waals surface area contributed by atoms with Crippen molar-refractivity contribution in [2.24, 2.45) is 0 Å². The van der Waals surface area contributed by atoms with Crippen LogP contribution >= 0.6 is 0 Å². The van der Waals surface area contributed by atoms with E-state index in [-0.39, 0.29) is 18.6 Å². The van der Waals surface area contributed by atoms with E-state index < -0.39 is 6.10 Å². The zero-order chi connectivity index (χ0) is 13.5. The Bertz CT molecular complexity index is 437. The number of nitrogens with one attached hydrogen (secondary N) is 1. The van der Waals surface area contributed by atoms with E-state index in [1.54, 1.807) is 38.1 Å². The molecule has 0 aliphatic heterocycles. The fraction of sp³-hybridized carbons (Fsp3) is 0.385. The summed E-state index contributed by atoms with van der Waals surface area (Å²) in [6, 6.07) is 8.22. The maximum atomic E-state index is 11.6. The minimum absolute atomic E-state index is 0.116. The van der Waals surface area contributed by atoms with Crippen LogP contribution in [0.15, 0.2) is 24.3 Å². The second kappa shape index (κ2) is 6.62. The molecule has 0 heterocycles. The molecule has 96 valence electrons. The molecule has 5 nitrogen and oxygen atoms in total. The molecule has 5 heteroatoms. The van der Waals surface area contributed by atoms with Crippen molar-refractivity contribution in [3.8, 4) is 11.8 Å². The molecule has 2 atom stereocenters. The standard InChI is InChI=1S/C13H16N2O3/c1-9(8-16)15-13(17)10(2)18-12-5-3-11(7-14)4-6-12/h3-6,9-10,16H,8H2,1-2H3,(H,15,17)/t9-,10?/m1/s1. The van der Waals surface area contributed by atoms with E-state index in [2.05, 4.69) is 5.32 Å². The monoisotopic (exact) mass is 248 g/mol. The van der Waals surface area contributed by atoms with Crippen molar-refractivity contribution in [1.82, 2.24) is 5.32 Å². The van der Waals surface area contributed by atoms with Crippen LogP contribution in [0, 0.1) is 11.3 Å². The Kier molecular flexibility index (Phi) is 5.15. The van der Waals surface area contributed by atoms with Gasteiger partial charge in [-0.15, -0.1) is 0 Å². The van der Waals surface area contributed by atoms with E-state index in [9.17, 15) is 4.79 Å². The molecule has 0 bridgehead atoms. The van der Waals surface area contributed by atoms with E-state index in [4.69, 9.17) is 15.1 Å². The summed E-state index contributed by atoms with van der Waals surface area (Å²) in [6.45, 7) is 3.21. The van der Waals surface area contributed by atoms with Crippen molar-refractivity contribution in [2.45, 2.75) is 26.0 Å². The number of ether oxygens (including phenoxy) is 1. The molecule has 0 spiro atoms. The van der Waals surface area contributed by atoms with Crippen molar-refractivity contribution in [3.63, 3.8) is 0 Å². The fourth-order valence-corrected chi connectivity index (χ4v) is 1.27. The van der Waals surface area contributed by atoms with Gasteiger partial charge in [-0.3, -0.25) is 4.79 Å². The minimum Gasteiger partial charge on any atom is -0.481 e. The zero-order valence-electron chi connectivity index (χ0n) is 10.4. The third-order valence-electron chi connectivity index (χ3n) is 2.33. The first-order valence-electron chi connectivity index (χ1n) is 5.65. The van der Waals surface area contributed by atoms with Crippen LogP contribution in [0.5, 0.6) is 5.75 Å². The number of aliphatic hydroxyl groups is 1. The van der Waals surface area contributed by atoms with Crippen molar-refractivity contribution in [3.05, 3.63) is 29.8 Å². The van der Waals surface area contributed by atoms with Gasteiger partial charge in [0.05, 0.1) is 18.2 Å². The van der Waals surface area contributed by atoms with E-state index in [1.165, 1.54) is 0 Å². The van der Waals surface area contributed by atoms with Gasteiger partial charge in [0.1, 0.15) is 5.75 Å². The summed E-state index contributed by atoms with van der Waals surface area (Å²) in [5.41, 5.74) is 0.536. The number of hydrogen-bond donors (Lipinski definition) is 2. The Hall–Kier alpha value is -2.06. The SMILES string of the molecule is CC(Oc1ccc(C#N)cc1)C(=O)N[C@H](C)CO. The summed E-state index contributed by atoms with van der Waals surface area (Å²) in [5, 5.41) is 20.1. The lowest BCUT2D eigenvalue weighted by atomic mass is 10.2. The highest BCUT2D eigenvalue weighted by Gasteiger charge is 2.16. The van der Waals surface area contributed by atoms with Gasteiger partial charge in [0.2, 0.25) is 0 Å². The van der Waals surface area contributed by atoms with Gasteiger partial charge in [0, 0.05) is 6.04 Å². The van der Waals surface area contributed by atoms with Crippen molar-refractivity contribution < 1.29 is 14.6 Å². The van der Waals surface area contributed by atoms with Gasteiger partial charge in [0.15, 0.2) is 6.10 Å². The van der Waals surface area contributed by atoms with Crippen LogP contribution < -0.4 is 10.1 Å². The van der Waals surface area contributed by atoms with Crippen LogP contribution in [0.4, 0.5) is 0 Å². The Morgan fingerprint density at radius 3 is 2.56 bits per heavy atom. The van der Waals surface area contributed by atoms with Gasteiger partial charge in [-0.2, -0.15) is 5.26 Å². The first-order chi connectivity index (χ1) is 8.56. The van der Waals surface area contributed by atoms with E-state index in [0.717, 1.165) is 0 Å². The second-order valence-corrected chi connectivity index (χ2v) is 3.99. The minimum atomic E-state index is -0.660. The summed E-state index contributed by atoms with van der Waals surface area (Å²) in [4.78, 5) is 11.6. The van der Waals surface area contributed by atoms with Crippen LogP contribution in [0.1, 0.15) is 19.4 Å². The first-order valence-corrected chi connectivity index (χ1v) is 5.65. The van der Waals surface area contributed by atoms with Crippen molar-refractivity contribution in [1.29, 1.82) is 5.26 Å². The summed E-state index contributed by atoms with van der Waals surface area (Å²) in [6.07, 6.45) is -0.660. The molecule has 1 aromatic carbocycles. The van der Waals surface area contributed by atoms with Crippen molar-refractivity contribution in [2.75, 3.05) is 6.61 Å². The van der Waals surface area contributed by atoms with Gasteiger partial charge >= 0.3 is 0 Å². The highest BCUT2D eigenvalue weighted by molar-refractivity contribution is 5.80. The largest absolute Gasteiger partial charge is 0.481 e. The summed E-state index contributed by atoms with van der Waals surface area (Å²) >= 11 is 0. The molecule has 18 heavy (non-hydrogen) atoms. The van der Waals surface area contributed by atoms with Gasteiger partial charge in [-0.25, -0.2) is 0 Å². The van der Waals surface area contributed by atoms with Crippen LogP contribution in [0.2, 0.25) is 0 Å². The van der Waals surface area contributed by atoms with Crippen LogP contribution in [0.25, 0.3) is 0 Å². The molecule has 1 aromatic rings. The summed E-state index contributed by atoms with van der Waals surface area (Å²) < 4.78 is 5.42. The average Bonchev–Trinajstić information content (AvgIpc) is 2.39. The summed E-state index contributed by atoms with van der Waals surface area (Å²) in [5.74, 6) is 0.231. The zero-order valence-corrected chi connectivity index (χ0v) is 10.4. The number of carbonyl (C=O) groups is 1. The Labute approximate surface area is 106 Å². The predicted molar refractivity (Wildman–Crippen MR) is 65.9 cm³/mol. The van der Waals surface area contributed by atoms with E-state index >= 15 is 0 Å². The number of amides is 1. The number of nitrogens with zero attached hydrogens (tertiary/aromatic N) is 1. The maximum absolute atomic E-state index is 11.6. The molecule has 1 unspecified atom stereocenters. The maximum Gasteiger partial charge on any atom is 0.261 e. The highest BCUT2D eigenvalue weighted by Crippen LogP contribution is 2.13. The van der Waals surface area contributed by atoms with Crippen LogP contribution in [-0.4, -0.2) is 29.8 Å². The van der Waals surface area contributed by atoms with Gasteiger partial charge in [-0.05, 0) is 38.1 Å². The fourth-order valence-electron chi connectivity index (χ4n) is 1.27. The molecular formula is C13H16N2O3. The normalized spacial score (nSPS) is 13.2. The van der Waals surface area contributed by atoms with Crippen LogP contribution in [-0.2, 0) is 4.79 Å². The number of carbonyl (C=O) groups excluding carboxylic acids is 1. The van der Waals surface area contributed by atoms with E-state index in [1.807, 2.05) is 6.07 Å². The predicted octanol–water partition coefficient (Wildman–Crippen LogP) is 0.823. The molecule has 1 amide bonds. The molecule has 2 N–H and O–H groups in total. The molecule has 0 aliphatic rings. The van der Waals surface area contributed by atoms with Gasteiger partial charge < -0.3 is 15.2 Å². The second-order valence-electron chi connectivity index (χ2n) is 3.99. The van der Waals surface area contributed by atoms with Gasteiger partial charge in [-0.1, -0.05) is 0 Å². The Balaban J connectivity index is 2.55. The molecule has 0 aliphatic carbocycles. The molecule has 0 fully saturated rings. The summed E-state index contributed by atoms with van der Waals surface area (Å²) in [7, 11) is 0. The number of rotatable bonds is 5. The topological polar surface area (TPSA) is 82.3 Å². The molecule has 1 rings (SSSR count). The quantitative estimate of drug-likeness (QED) is 0.808. The number of hydrogen-bond acceptors (Lipinski definition) is 4. The third-order valence-corrected chi connectivity index (χ3v) is 2.33. The molecule has 0 saturated heterocycles. The van der Waals surface area contributed by atoms with E-state index in [0.29, 0.717) is 11.3 Å². The smallest absolute Gasteiger partial charge is 0.261 e. The lowest BCUT2D eigenvalue weighted by Crippen LogP contribution is -2.42. The number of aliphatic hydroxyl groups excluding tert-OH is 1. The van der Waals surface area contributed by atoms with Gasteiger partial charge in [0.25, 0.3) is 5.91 Å². The lowest BCUT2D eigenvalue weighted by molar-refractivity contribution is -0.128. The molecular weight excluding hydrogens is 232 g/mol. The highest BCUT2D eigenvalue weighted by atomic mass is 16.5.